The van der Waals surface area contributed by atoms with Crippen molar-refractivity contribution in [1.29, 1.82) is 0 Å². The molecule has 0 saturated carbocycles. The monoisotopic (exact) mass is 306 g/mol. The van der Waals surface area contributed by atoms with E-state index in [9.17, 15) is 9.90 Å². The molecule has 0 spiro atoms. The number of amides is 2. The Morgan fingerprint density at radius 3 is 2.71 bits per heavy atom. The number of nitrogens with one attached hydrogen (secondary N) is 2. The first kappa shape index (κ1) is 15.2. The molecule has 0 fully saturated rings. The predicted octanol–water partition coefficient (Wildman–Crippen LogP) is 3.48. The van der Waals surface area contributed by atoms with Gasteiger partial charge in [0.25, 0.3) is 0 Å². The first-order valence-electron chi connectivity index (χ1n) is 6.23. The fraction of sp³-hybridized carbons (Fsp3) is 0.133. The van der Waals surface area contributed by atoms with Crippen LogP contribution in [0, 0.1) is 0 Å². The minimum atomic E-state index is -0.430. The Bertz CT molecular complexity index is 647. The molecule has 21 heavy (non-hydrogen) atoms. The van der Waals surface area contributed by atoms with E-state index in [2.05, 4.69) is 10.6 Å². The number of rotatable bonds is 4. The molecular weight excluding hydrogens is 292 g/mol. The molecule has 0 aliphatic heterocycles. The Hall–Kier alpha value is -2.24. The minimum Gasteiger partial charge on any atom is -0.497 e. The lowest BCUT2D eigenvalue weighted by Gasteiger charge is -2.11. The Labute approximate surface area is 127 Å². The number of urea groups is 1. The second kappa shape index (κ2) is 6.97. The predicted molar refractivity (Wildman–Crippen MR) is 83.0 cm³/mol. The molecule has 0 atom stereocenters. The van der Waals surface area contributed by atoms with Crippen LogP contribution in [0.25, 0.3) is 0 Å². The summed E-state index contributed by atoms with van der Waals surface area (Å²) in [6, 6.07) is 11.5. The summed E-state index contributed by atoms with van der Waals surface area (Å²) in [6.07, 6.45) is 0. The SMILES string of the molecule is COc1cc(Cl)cc(NC(=O)Nc2ccccc2CO)c1. The van der Waals surface area contributed by atoms with Crippen LogP contribution < -0.4 is 15.4 Å². The molecule has 110 valence electrons. The molecular formula is C15H15ClN2O3. The number of halogens is 1. The maximum Gasteiger partial charge on any atom is 0.323 e. The standard InChI is InChI=1S/C15H15ClN2O3/c1-21-13-7-11(16)6-12(8-13)17-15(20)18-14-5-3-2-4-10(14)9-19/h2-8,19H,9H2,1H3,(H2,17,18,20). The highest BCUT2D eigenvalue weighted by Crippen LogP contribution is 2.24. The molecule has 2 rings (SSSR count). The van der Waals surface area contributed by atoms with Gasteiger partial charge in [0.2, 0.25) is 0 Å². The molecule has 0 saturated heterocycles. The molecule has 2 aromatic carbocycles. The average Bonchev–Trinajstić information content (AvgIpc) is 2.47. The number of carbonyl (C=O) groups excluding carboxylic acids is 1. The normalized spacial score (nSPS) is 10.0. The number of aliphatic hydroxyl groups excluding tert-OH is 1. The van der Waals surface area contributed by atoms with Gasteiger partial charge in [-0.1, -0.05) is 29.8 Å². The van der Waals surface area contributed by atoms with Gasteiger partial charge in [0.05, 0.1) is 13.7 Å². The van der Waals surface area contributed by atoms with Crippen molar-refractivity contribution in [3.05, 3.63) is 53.1 Å². The van der Waals surface area contributed by atoms with Gasteiger partial charge in [-0.15, -0.1) is 0 Å². The number of carbonyl (C=O) groups is 1. The highest BCUT2D eigenvalue weighted by molar-refractivity contribution is 6.31. The summed E-state index contributed by atoms with van der Waals surface area (Å²) in [5, 5.41) is 15.0. The van der Waals surface area contributed by atoms with Gasteiger partial charge in [-0.25, -0.2) is 4.79 Å². The lowest BCUT2D eigenvalue weighted by Crippen LogP contribution is -2.20. The molecule has 0 bridgehead atoms. The summed E-state index contributed by atoms with van der Waals surface area (Å²) in [7, 11) is 1.52. The lowest BCUT2D eigenvalue weighted by molar-refractivity contribution is 0.262. The van der Waals surface area contributed by atoms with Gasteiger partial charge in [-0.3, -0.25) is 0 Å². The maximum atomic E-state index is 12.0. The number of anilines is 2. The smallest absolute Gasteiger partial charge is 0.323 e. The lowest BCUT2D eigenvalue weighted by atomic mass is 10.2. The summed E-state index contributed by atoms with van der Waals surface area (Å²) < 4.78 is 5.08. The average molecular weight is 307 g/mol. The van der Waals surface area contributed by atoms with Crippen LogP contribution in [0.5, 0.6) is 5.75 Å². The number of hydrogen-bond acceptors (Lipinski definition) is 3. The van der Waals surface area contributed by atoms with Crippen LogP contribution in [-0.4, -0.2) is 18.2 Å². The van der Waals surface area contributed by atoms with Crippen molar-refractivity contribution in [3.8, 4) is 5.75 Å². The Kier molecular flexibility index (Phi) is 5.03. The summed E-state index contributed by atoms with van der Waals surface area (Å²) in [5.41, 5.74) is 1.70. The molecule has 0 aliphatic carbocycles. The van der Waals surface area contributed by atoms with Gasteiger partial charge < -0.3 is 20.5 Å². The van der Waals surface area contributed by atoms with Crippen LogP contribution in [-0.2, 0) is 6.61 Å². The van der Waals surface area contributed by atoms with Gasteiger partial charge in [-0.2, -0.15) is 0 Å². The van der Waals surface area contributed by atoms with Gasteiger partial charge in [-0.05, 0) is 18.2 Å². The molecule has 0 aromatic heterocycles. The van der Waals surface area contributed by atoms with Gasteiger partial charge >= 0.3 is 6.03 Å². The number of ether oxygens (including phenoxy) is 1. The fourth-order valence-corrected chi connectivity index (χ4v) is 2.04. The second-order valence-corrected chi connectivity index (χ2v) is 4.71. The van der Waals surface area contributed by atoms with E-state index in [1.807, 2.05) is 0 Å². The summed E-state index contributed by atoms with van der Waals surface area (Å²) in [5.74, 6) is 0.550. The zero-order valence-corrected chi connectivity index (χ0v) is 12.1. The van der Waals surface area contributed by atoms with Crippen LogP contribution in [0.1, 0.15) is 5.56 Å². The summed E-state index contributed by atoms with van der Waals surface area (Å²) in [4.78, 5) is 12.0. The van der Waals surface area contributed by atoms with E-state index in [4.69, 9.17) is 16.3 Å². The number of aliphatic hydroxyl groups is 1. The van der Waals surface area contributed by atoms with Gasteiger partial charge in [0.1, 0.15) is 5.75 Å². The molecule has 0 unspecified atom stereocenters. The molecule has 3 N–H and O–H groups in total. The van der Waals surface area contributed by atoms with Crippen LogP contribution in [0.3, 0.4) is 0 Å². The topological polar surface area (TPSA) is 70.6 Å². The quantitative estimate of drug-likeness (QED) is 0.810. The molecule has 0 heterocycles. The van der Waals surface area contributed by atoms with Gasteiger partial charge in [0.15, 0.2) is 0 Å². The number of hydrogen-bond donors (Lipinski definition) is 3. The van der Waals surface area contributed by atoms with E-state index >= 15 is 0 Å². The molecule has 2 aromatic rings. The summed E-state index contributed by atoms with van der Waals surface area (Å²) >= 11 is 5.94. The van der Waals surface area contributed by atoms with E-state index in [-0.39, 0.29) is 6.61 Å². The number of methoxy groups -OCH3 is 1. The minimum absolute atomic E-state index is 0.151. The largest absolute Gasteiger partial charge is 0.497 e. The highest BCUT2D eigenvalue weighted by atomic mass is 35.5. The molecule has 5 nitrogen and oxygen atoms in total. The third-order valence-corrected chi connectivity index (χ3v) is 3.02. The maximum absolute atomic E-state index is 12.0. The first-order chi connectivity index (χ1) is 10.1. The number of benzene rings is 2. The van der Waals surface area contributed by atoms with E-state index < -0.39 is 6.03 Å². The van der Waals surface area contributed by atoms with Crippen LogP contribution >= 0.6 is 11.6 Å². The Morgan fingerprint density at radius 1 is 1.24 bits per heavy atom. The summed E-state index contributed by atoms with van der Waals surface area (Å²) in [6.45, 7) is -0.151. The van der Waals surface area contributed by atoms with Crippen LogP contribution in [0.15, 0.2) is 42.5 Å². The fourth-order valence-electron chi connectivity index (χ4n) is 1.82. The van der Waals surface area contributed by atoms with Crippen LogP contribution in [0.4, 0.5) is 16.2 Å². The number of para-hydroxylation sites is 1. The third-order valence-electron chi connectivity index (χ3n) is 2.80. The highest BCUT2D eigenvalue weighted by Gasteiger charge is 2.07. The molecule has 0 aliphatic rings. The van der Waals surface area contributed by atoms with E-state index in [0.717, 1.165) is 0 Å². The van der Waals surface area contributed by atoms with E-state index in [1.165, 1.54) is 7.11 Å². The van der Waals surface area contributed by atoms with Crippen molar-refractivity contribution in [2.75, 3.05) is 17.7 Å². The Balaban J connectivity index is 2.10. The van der Waals surface area contributed by atoms with Crippen molar-refractivity contribution in [2.45, 2.75) is 6.61 Å². The van der Waals surface area contributed by atoms with Crippen molar-refractivity contribution in [1.82, 2.24) is 0 Å². The van der Waals surface area contributed by atoms with E-state index in [0.29, 0.717) is 27.7 Å². The molecule has 6 heteroatoms. The second-order valence-electron chi connectivity index (χ2n) is 4.27. The van der Waals surface area contributed by atoms with E-state index in [1.54, 1.807) is 42.5 Å². The first-order valence-corrected chi connectivity index (χ1v) is 6.61. The van der Waals surface area contributed by atoms with Crippen molar-refractivity contribution < 1.29 is 14.6 Å². The van der Waals surface area contributed by atoms with Crippen LogP contribution in [0.2, 0.25) is 5.02 Å². The van der Waals surface area contributed by atoms with Crippen molar-refractivity contribution >= 4 is 29.0 Å². The zero-order chi connectivity index (χ0) is 15.2. The third kappa shape index (κ3) is 4.11. The Morgan fingerprint density at radius 2 is 2.00 bits per heavy atom. The molecule has 0 radical (unpaired) electrons. The van der Waals surface area contributed by atoms with Crippen molar-refractivity contribution in [2.24, 2.45) is 0 Å². The molecule has 2 amide bonds. The van der Waals surface area contributed by atoms with Crippen molar-refractivity contribution in [3.63, 3.8) is 0 Å². The zero-order valence-electron chi connectivity index (χ0n) is 11.4. The van der Waals surface area contributed by atoms with Gasteiger partial charge in [0, 0.05) is 28.0 Å².